The summed E-state index contributed by atoms with van der Waals surface area (Å²) in [7, 11) is 0. The van der Waals surface area contributed by atoms with Crippen molar-refractivity contribution in [2.45, 2.75) is 78.2 Å². The molecular weight excluding hydrogens is 300 g/mol. The van der Waals surface area contributed by atoms with Gasteiger partial charge in [-0.3, -0.25) is 9.69 Å². The van der Waals surface area contributed by atoms with Gasteiger partial charge in [0.05, 0.1) is 18.2 Å². The Morgan fingerprint density at radius 2 is 1.78 bits per heavy atom. The number of rotatable bonds is 3. The lowest BCUT2D eigenvalue weighted by Crippen LogP contribution is -2.56. The van der Waals surface area contributed by atoms with E-state index in [4.69, 9.17) is 9.47 Å². The summed E-state index contributed by atoms with van der Waals surface area (Å²) in [5.74, 6) is -0.0842. The van der Waals surface area contributed by atoms with Crippen LogP contribution >= 0.6 is 0 Å². The first-order valence-corrected chi connectivity index (χ1v) is 7.97. The quantitative estimate of drug-likeness (QED) is 0.860. The van der Waals surface area contributed by atoms with Crippen LogP contribution in [0.5, 0.6) is 0 Å². The predicted molar refractivity (Wildman–Crippen MR) is 85.2 cm³/mol. The highest BCUT2D eigenvalue weighted by Gasteiger charge is 2.37. The molecule has 0 aromatic heterocycles. The van der Waals surface area contributed by atoms with E-state index in [0.717, 1.165) is 0 Å². The number of nitrogens with one attached hydrogen (secondary N) is 1. The zero-order valence-electron chi connectivity index (χ0n) is 14.8. The van der Waals surface area contributed by atoms with Crippen LogP contribution in [0.4, 0.5) is 9.59 Å². The lowest BCUT2D eigenvalue weighted by Gasteiger charge is -2.39. The summed E-state index contributed by atoms with van der Waals surface area (Å²) in [6, 6.07) is -0.770. The number of ether oxygens (including phenoxy) is 2. The lowest BCUT2D eigenvalue weighted by atomic mass is 9.96. The minimum atomic E-state index is -0.643. The van der Waals surface area contributed by atoms with Crippen LogP contribution in [-0.4, -0.2) is 53.2 Å². The van der Waals surface area contributed by atoms with Gasteiger partial charge in [-0.15, -0.1) is 0 Å². The van der Waals surface area contributed by atoms with Gasteiger partial charge < -0.3 is 14.8 Å². The fourth-order valence-electron chi connectivity index (χ4n) is 2.45. The van der Waals surface area contributed by atoms with E-state index in [-0.39, 0.29) is 24.5 Å². The monoisotopic (exact) mass is 328 g/mol. The van der Waals surface area contributed by atoms with Crippen molar-refractivity contribution in [3.63, 3.8) is 0 Å². The summed E-state index contributed by atoms with van der Waals surface area (Å²) in [5.41, 5.74) is -0.643. The number of alkyl carbamates (subject to hydrolysis) is 1. The molecule has 0 saturated carbocycles. The number of piperidine rings is 1. The van der Waals surface area contributed by atoms with Gasteiger partial charge in [-0.05, 0) is 54.4 Å². The van der Waals surface area contributed by atoms with Gasteiger partial charge in [0.2, 0.25) is 0 Å². The molecule has 1 fully saturated rings. The zero-order valence-corrected chi connectivity index (χ0v) is 14.8. The SMILES string of the molecule is CC(=O)C1CCC(NC(=O)OC(C)C)CN1C(=O)OC(C)(C)C. The number of hydrogen-bond acceptors (Lipinski definition) is 5. The number of Topliss-reactive ketones (excluding diaryl/α,β-unsaturated/α-hetero) is 1. The van der Waals surface area contributed by atoms with Gasteiger partial charge in [0.15, 0.2) is 5.78 Å². The molecule has 0 spiro atoms. The van der Waals surface area contributed by atoms with E-state index >= 15 is 0 Å². The van der Waals surface area contributed by atoms with Gasteiger partial charge in [-0.1, -0.05) is 0 Å². The molecule has 1 rings (SSSR count). The maximum absolute atomic E-state index is 12.3. The summed E-state index contributed by atoms with van der Waals surface area (Å²) in [5, 5.41) is 2.74. The first-order chi connectivity index (χ1) is 10.5. The normalized spacial score (nSPS) is 21.8. The van der Waals surface area contributed by atoms with Crippen molar-refractivity contribution >= 4 is 18.0 Å². The molecule has 7 heteroatoms. The number of likely N-dealkylation sites (tertiary alicyclic amines) is 1. The van der Waals surface area contributed by atoms with Crippen LogP contribution in [0, 0.1) is 0 Å². The second kappa shape index (κ2) is 7.66. The van der Waals surface area contributed by atoms with E-state index < -0.39 is 23.8 Å². The molecule has 7 nitrogen and oxygen atoms in total. The van der Waals surface area contributed by atoms with Gasteiger partial charge >= 0.3 is 12.2 Å². The van der Waals surface area contributed by atoms with Crippen LogP contribution < -0.4 is 5.32 Å². The summed E-state index contributed by atoms with van der Waals surface area (Å²) in [4.78, 5) is 37.2. The number of ketones is 1. The third-order valence-corrected chi connectivity index (χ3v) is 3.34. The summed E-state index contributed by atoms with van der Waals surface area (Å²) < 4.78 is 10.4. The molecule has 0 aromatic rings. The van der Waals surface area contributed by atoms with Gasteiger partial charge in [-0.2, -0.15) is 0 Å². The average molecular weight is 328 g/mol. The molecule has 2 atom stereocenters. The molecular formula is C16H28N2O5. The number of carbonyl (C=O) groups excluding carboxylic acids is 3. The lowest BCUT2D eigenvalue weighted by molar-refractivity contribution is -0.123. The smallest absolute Gasteiger partial charge is 0.410 e. The Hall–Kier alpha value is -1.79. The second-order valence-electron chi connectivity index (χ2n) is 7.13. The second-order valence-corrected chi connectivity index (χ2v) is 7.13. The van der Waals surface area contributed by atoms with E-state index in [1.807, 2.05) is 0 Å². The van der Waals surface area contributed by atoms with Crippen molar-refractivity contribution in [2.75, 3.05) is 6.54 Å². The molecule has 2 unspecified atom stereocenters. The van der Waals surface area contributed by atoms with E-state index in [1.165, 1.54) is 11.8 Å². The Bertz CT molecular complexity index is 456. The predicted octanol–water partition coefficient (Wildman–Crippen LogP) is 2.48. The van der Waals surface area contributed by atoms with Crippen LogP contribution in [-0.2, 0) is 14.3 Å². The largest absolute Gasteiger partial charge is 0.447 e. The Morgan fingerprint density at radius 3 is 2.26 bits per heavy atom. The van der Waals surface area contributed by atoms with Crippen LogP contribution in [0.2, 0.25) is 0 Å². The molecule has 132 valence electrons. The number of nitrogens with zero attached hydrogens (tertiary/aromatic N) is 1. The fourth-order valence-corrected chi connectivity index (χ4v) is 2.45. The van der Waals surface area contributed by atoms with Crippen molar-refractivity contribution in [3.8, 4) is 0 Å². The highest BCUT2D eigenvalue weighted by molar-refractivity contribution is 5.85. The van der Waals surface area contributed by atoms with E-state index in [0.29, 0.717) is 12.8 Å². The maximum Gasteiger partial charge on any atom is 0.410 e. The molecule has 1 N–H and O–H groups in total. The van der Waals surface area contributed by atoms with Crippen molar-refractivity contribution in [3.05, 3.63) is 0 Å². The zero-order chi connectivity index (χ0) is 17.8. The Labute approximate surface area is 137 Å². The fraction of sp³-hybridized carbons (Fsp3) is 0.812. The third kappa shape index (κ3) is 6.46. The minimum Gasteiger partial charge on any atom is -0.447 e. The molecule has 1 heterocycles. The third-order valence-electron chi connectivity index (χ3n) is 3.34. The number of hydrogen-bond donors (Lipinski definition) is 1. The summed E-state index contributed by atoms with van der Waals surface area (Å²) >= 11 is 0. The molecule has 0 aromatic carbocycles. The van der Waals surface area contributed by atoms with Crippen molar-refractivity contribution in [1.82, 2.24) is 10.2 Å². The first kappa shape index (κ1) is 19.3. The van der Waals surface area contributed by atoms with E-state index in [2.05, 4.69) is 5.32 Å². The van der Waals surface area contributed by atoms with E-state index in [9.17, 15) is 14.4 Å². The molecule has 0 aliphatic carbocycles. The molecule has 1 aliphatic heterocycles. The van der Waals surface area contributed by atoms with Gasteiger partial charge in [-0.25, -0.2) is 9.59 Å². The topological polar surface area (TPSA) is 84.9 Å². The van der Waals surface area contributed by atoms with Crippen molar-refractivity contribution < 1.29 is 23.9 Å². The van der Waals surface area contributed by atoms with Gasteiger partial charge in [0.25, 0.3) is 0 Å². The molecule has 0 bridgehead atoms. The Kier molecular flexibility index (Phi) is 6.41. The van der Waals surface area contributed by atoms with Crippen molar-refractivity contribution in [2.24, 2.45) is 0 Å². The minimum absolute atomic E-state index is 0.0842. The molecule has 0 radical (unpaired) electrons. The standard InChI is InChI=1S/C16H28N2O5/c1-10(2)22-14(20)17-12-7-8-13(11(3)19)18(9-12)15(21)23-16(4,5)6/h10,12-13H,7-9H2,1-6H3,(H,17,20). The highest BCUT2D eigenvalue weighted by Crippen LogP contribution is 2.21. The number of carbonyl (C=O) groups is 3. The van der Waals surface area contributed by atoms with E-state index in [1.54, 1.807) is 34.6 Å². The first-order valence-electron chi connectivity index (χ1n) is 7.97. The van der Waals surface area contributed by atoms with Crippen LogP contribution in [0.15, 0.2) is 0 Å². The molecule has 2 amide bonds. The van der Waals surface area contributed by atoms with Crippen LogP contribution in [0.1, 0.15) is 54.4 Å². The highest BCUT2D eigenvalue weighted by atomic mass is 16.6. The van der Waals surface area contributed by atoms with Crippen LogP contribution in [0.3, 0.4) is 0 Å². The van der Waals surface area contributed by atoms with Gasteiger partial charge in [0.1, 0.15) is 5.60 Å². The average Bonchev–Trinajstić information content (AvgIpc) is 2.35. The molecule has 23 heavy (non-hydrogen) atoms. The summed E-state index contributed by atoms with van der Waals surface area (Å²) in [6.45, 7) is 10.5. The Morgan fingerprint density at radius 1 is 1.17 bits per heavy atom. The Balaban J connectivity index is 2.75. The van der Waals surface area contributed by atoms with Gasteiger partial charge in [0, 0.05) is 6.54 Å². The molecule has 1 saturated heterocycles. The van der Waals surface area contributed by atoms with Crippen molar-refractivity contribution in [1.29, 1.82) is 0 Å². The van der Waals surface area contributed by atoms with Crippen LogP contribution in [0.25, 0.3) is 0 Å². The number of amides is 2. The molecule has 1 aliphatic rings. The summed E-state index contributed by atoms with van der Waals surface area (Å²) in [6.07, 6.45) is -0.180. The maximum atomic E-state index is 12.3.